The zero-order chi connectivity index (χ0) is 13.1. The average Bonchev–Trinajstić information content (AvgIpc) is 2.26. The van der Waals surface area contributed by atoms with E-state index in [0.717, 1.165) is 5.56 Å². The number of hydrogen-bond acceptors (Lipinski definition) is 3. The van der Waals surface area contributed by atoms with Crippen molar-refractivity contribution >= 4 is 16.7 Å². The van der Waals surface area contributed by atoms with Gasteiger partial charge in [-0.25, -0.2) is 8.93 Å². The van der Waals surface area contributed by atoms with Gasteiger partial charge in [0.25, 0.3) is 0 Å². The summed E-state index contributed by atoms with van der Waals surface area (Å²) in [5.74, 6) is 0. The van der Waals surface area contributed by atoms with Crippen molar-refractivity contribution in [2.24, 2.45) is 0 Å². The van der Waals surface area contributed by atoms with E-state index in [0.29, 0.717) is 5.69 Å². The highest BCUT2D eigenvalue weighted by Crippen LogP contribution is 2.20. The Morgan fingerprint density at radius 1 is 1.41 bits per heavy atom. The molecule has 0 amide bonds. The van der Waals surface area contributed by atoms with Gasteiger partial charge in [-0.1, -0.05) is 12.1 Å². The van der Waals surface area contributed by atoms with Crippen LogP contribution in [0.5, 0.6) is 0 Å². The molecule has 1 rings (SSSR count). The minimum Gasteiger partial charge on any atom is -0.399 e. The normalized spacial score (nSPS) is 16.8. The van der Waals surface area contributed by atoms with E-state index in [1.807, 2.05) is 13.8 Å². The summed E-state index contributed by atoms with van der Waals surface area (Å²) in [4.78, 5) is 0. The first-order valence-corrected chi connectivity index (χ1v) is 6.76. The maximum Gasteiger partial charge on any atom is 0.100 e. The monoisotopic (exact) mass is 256 g/mol. The number of nitrogens with one attached hydrogen (secondary N) is 1. The Balaban J connectivity index is 2.68. The Kier molecular flexibility index (Phi) is 4.68. The van der Waals surface area contributed by atoms with Gasteiger partial charge in [-0.15, -0.1) is 0 Å². The van der Waals surface area contributed by atoms with E-state index in [-0.39, 0.29) is 11.8 Å². The van der Waals surface area contributed by atoms with Crippen molar-refractivity contribution in [2.75, 3.05) is 12.3 Å². The molecule has 2 unspecified atom stereocenters. The first kappa shape index (κ1) is 14.2. The molecule has 0 aliphatic heterocycles. The zero-order valence-electron chi connectivity index (χ0n) is 10.4. The van der Waals surface area contributed by atoms with Crippen LogP contribution in [0.15, 0.2) is 24.3 Å². The van der Waals surface area contributed by atoms with Gasteiger partial charge in [-0.2, -0.15) is 0 Å². The lowest BCUT2D eigenvalue weighted by molar-refractivity contribution is 0.0631. The molecule has 1 aromatic carbocycles. The lowest BCUT2D eigenvalue weighted by Gasteiger charge is -2.24. The van der Waals surface area contributed by atoms with E-state index in [9.17, 15) is 9.32 Å². The number of nitrogen functional groups attached to an aromatic ring is 1. The molecule has 5 heteroatoms. The minimum atomic E-state index is -1.13. The van der Waals surface area contributed by atoms with Crippen LogP contribution in [-0.4, -0.2) is 21.1 Å². The fourth-order valence-corrected chi connectivity index (χ4v) is 2.08. The van der Waals surface area contributed by atoms with Gasteiger partial charge < -0.3 is 10.8 Å². The van der Waals surface area contributed by atoms with Crippen LogP contribution in [-0.2, 0) is 16.6 Å². The first-order valence-electron chi connectivity index (χ1n) is 5.55. The molecule has 0 bridgehead atoms. The summed E-state index contributed by atoms with van der Waals surface area (Å²) in [7, 11) is -1.13. The van der Waals surface area contributed by atoms with Crippen LogP contribution in [0.25, 0.3) is 0 Å². The second-order valence-corrected chi connectivity index (χ2v) is 6.39. The Morgan fingerprint density at radius 2 is 1.94 bits per heavy atom. The van der Waals surface area contributed by atoms with E-state index in [1.54, 1.807) is 31.2 Å². The van der Waals surface area contributed by atoms with E-state index in [1.165, 1.54) is 0 Å². The molecule has 0 heterocycles. The average molecular weight is 256 g/mol. The van der Waals surface area contributed by atoms with Crippen molar-refractivity contribution in [1.82, 2.24) is 4.72 Å². The highest BCUT2D eigenvalue weighted by Gasteiger charge is 2.23. The molecule has 4 N–H and O–H groups in total. The Bertz CT molecular complexity index is 388. The molecular formula is C12H20N2O2S. The highest BCUT2D eigenvalue weighted by molar-refractivity contribution is 7.83. The molecule has 0 aliphatic carbocycles. The van der Waals surface area contributed by atoms with Gasteiger partial charge in [0.15, 0.2) is 0 Å². The Morgan fingerprint density at radius 3 is 2.41 bits per heavy atom. The number of rotatable bonds is 5. The maximum absolute atomic E-state index is 11.5. The van der Waals surface area contributed by atoms with E-state index >= 15 is 0 Å². The smallest absolute Gasteiger partial charge is 0.100 e. The lowest BCUT2D eigenvalue weighted by Crippen LogP contribution is -2.38. The molecule has 0 spiro atoms. The van der Waals surface area contributed by atoms with Crippen molar-refractivity contribution in [1.29, 1.82) is 0 Å². The quantitative estimate of drug-likeness (QED) is 0.691. The molecule has 0 saturated heterocycles. The van der Waals surface area contributed by atoms with Crippen molar-refractivity contribution in [3.63, 3.8) is 0 Å². The fourth-order valence-electron chi connectivity index (χ4n) is 1.32. The first-order chi connectivity index (χ1) is 7.83. The molecule has 96 valence electrons. The van der Waals surface area contributed by atoms with Crippen LogP contribution < -0.4 is 10.5 Å². The number of hydrogen-bond donors (Lipinski definition) is 3. The molecule has 17 heavy (non-hydrogen) atoms. The summed E-state index contributed by atoms with van der Waals surface area (Å²) in [5.41, 5.74) is 5.93. The fraction of sp³-hybridized carbons (Fsp3) is 0.500. The van der Waals surface area contributed by atoms with E-state index in [2.05, 4.69) is 4.72 Å². The van der Waals surface area contributed by atoms with Gasteiger partial charge in [0.1, 0.15) is 5.60 Å². The summed E-state index contributed by atoms with van der Waals surface area (Å²) >= 11 is 0. The summed E-state index contributed by atoms with van der Waals surface area (Å²) < 4.78 is 14.4. The lowest BCUT2D eigenvalue weighted by atomic mass is 9.96. The molecule has 4 nitrogen and oxygen atoms in total. The van der Waals surface area contributed by atoms with Gasteiger partial charge in [0.05, 0.1) is 11.0 Å². The molecule has 2 atom stereocenters. The number of anilines is 1. The van der Waals surface area contributed by atoms with Crippen LogP contribution >= 0.6 is 0 Å². The standard InChI is InChI=1S/C12H20N2O2S/c1-9(2)17(16)14-8-12(3,15)10-4-6-11(13)7-5-10/h4-7,9,14-15H,8,13H2,1-3H3. The third-order valence-electron chi connectivity index (χ3n) is 2.52. The zero-order valence-corrected chi connectivity index (χ0v) is 11.3. The van der Waals surface area contributed by atoms with E-state index in [4.69, 9.17) is 5.73 Å². The molecule has 0 radical (unpaired) electrons. The highest BCUT2D eigenvalue weighted by atomic mass is 32.2. The molecule has 0 aromatic heterocycles. The van der Waals surface area contributed by atoms with Crippen LogP contribution in [0, 0.1) is 0 Å². The SMILES string of the molecule is CC(C)S(=O)NCC(C)(O)c1ccc(N)cc1. The molecule has 1 aromatic rings. The maximum atomic E-state index is 11.5. The minimum absolute atomic E-state index is 0.0252. The van der Waals surface area contributed by atoms with Gasteiger partial charge >= 0.3 is 0 Å². The topological polar surface area (TPSA) is 75.3 Å². The van der Waals surface area contributed by atoms with Gasteiger partial charge in [0.2, 0.25) is 0 Å². The number of benzene rings is 1. The molecule has 0 saturated carbocycles. The van der Waals surface area contributed by atoms with Crippen LogP contribution in [0.1, 0.15) is 26.3 Å². The second kappa shape index (κ2) is 5.62. The van der Waals surface area contributed by atoms with Gasteiger partial charge in [-0.05, 0) is 38.5 Å². The number of nitrogens with two attached hydrogens (primary N) is 1. The molecular weight excluding hydrogens is 236 g/mol. The summed E-state index contributed by atoms with van der Waals surface area (Å²) in [5, 5.41) is 10.3. The van der Waals surface area contributed by atoms with Crippen molar-refractivity contribution in [3.8, 4) is 0 Å². The predicted octanol–water partition coefficient (Wildman–Crippen LogP) is 1.14. The van der Waals surface area contributed by atoms with Crippen molar-refractivity contribution in [3.05, 3.63) is 29.8 Å². The van der Waals surface area contributed by atoms with E-state index < -0.39 is 16.6 Å². The third-order valence-corrected chi connectivity index (χ3v) is 3.80. The number of aliphatic hydroxyl groups is 1. The predicted molar refractivity (Wildman–Crippen MR) is 71.7 cm³/mol. The third kappa shape index (κ3) is 4.11. The summed E-state index contributed by atoms with van der Waals surface area (Å²) in [6, 6.07) is 7.02. The molecule has 0 fully saturated rings. The Hall–Kier alpha value is -0.910. The van der Waals surface area contributed by atoms with Gasteiger partial charge in [0, 0.05) is 17.5 Å². The van der Waals surface area contributed by atoms with Crippen LogP contribution in [0.3, 0.4) is 0 Å². The summed E-state index contributed by atoms with van der Waals surface area (Å²) in [6.07, 6.45) is 0. The Labute approximate surface area is 105 Å². The van der Waals surface area contributed by atoms with Crippen molar-refractivity contribution in [2.45, 2.75) is 31.6 Å². The van der Waals surface area contributed by atoms with Crippen LogP contribution in [0.4, 0.5) is 5.69 Å². The van der Waals surface area contributed by atoms with Gasteiger partial charge in [-0.3, -0.25) is 0 Å². The molecule has 0 aliphatic rings. The van der Waals surface area contributed by atoms with Crippen LogP contribution in [0.2, 0.25) is 0 Å². The van der Waals surface area contributed by atoms with Crippen molar-refractivity contribution < 1.29 is 9.32 Å². The summed E-state index contributed by atoms with van der Waals surface area (Å²) in [6.45, 7) is 5.65. The second-order valence-electron chi connectivity index (χ2n) is 4.56. The largest absolute Gasteiger partial charge is 0.399 e.